The maximum Gasteiger partial charge on any atom is 0.331 e. The summed E-state index contributed by atoms with van der Waals surface area (Å²) in [4.78, 5) is 28.2. The minimum atomic E-state index is -1.41. The molecule has 0 bridgehead atoms. The number of aromatic nitrogens is 1. The molecule has 1 fully saturated rings. The van der Waals surface area contributed by atoms with Gasteiger partial charge in [0, 0.05) is 18.4 Å². The molecule has 1 aromatic heterocycles. The predicted molar refractivity (Wildman–Crippen MR) is 89.2 cm³/mol. The molecule has 1 aromatic carbocycles. The van der Waals surface area contributed by atoms with Gasteiger partial charge in [0.1, 0.15) is 11.5 Å². The average molecular weight is 364 g/mol. The number of rotatable bonds is 5. The van der Waals surface area contributed by atoms with Crippen LogP contribution in [0.15, 0.2) is 29.6 Å². The summed E-state index contributed by atoms with van der Waals surface area (Å²) in [6.07, 6.45) is 1.37. The fourth-order valence-corrected chi connectivity index (χ4v) is 3.48. The normalized spacial score (nSPS) is 20.2. The highest BCUT2D eigenvalue weighted by atomic mass is 32.1. The number of benzene rings is 1. The summed E-state index contributed by atoms with van der Waals surface area (Å²) in [7, 11) is 0. The van der Waals surface area contributed by atoms with Gasteiger partial charge in [-0.2, -0.15) is 0 Å². The zero-order valence-electron chi connectivity index (χ0n) is 13.3. The maximum absolute atomic E-state index is 12.9. The monoisotopic (exact) mass is 364 g/mol. The average Bonchev–Trinajstić information content (AvgIpc) is 3.06. The molecule has 8 heteroatoms. The van der Waals surface area contributed by atoms with Crippen LogP contribution in [0.3, 0.4) is 0 Å². The Morgan fingerprint density at radius 1 is 1.36 bits per heavy atom. The van der Waals surface area contributed by atoms with Crippen molar-refractivity contribution in [1.29, 1.82) is 0 Å². The van der Waals surface area contributed by atoms with E-state index in [0.29, 0.717) is 30.9 Å². The summed E-state index contributed by atoms with van der Waals surface area (Å²) in [6.45, 7) is 0.435. The summed E-state index contributed by atoms with van der Waals surface area (Å²) < 4.78 is 18.2. The second-order valence-electron chi connectivity index (χ2n) is 5.93. The van der Waals surface area contributed by atoms with Crippen LogP contribution in [0.4, 0.5) is 4.39 Å². The van der Waals surface area contributed by atoms with Crippen LogP contribution in [-0.4, -0.2) is 40.7 Å². The standard InChI is InChI=1S/C17H17FN2O4S/c18-12-4-2-11(3-5-12)8-14-19-13(9-25-14)15(21)20-17(16(22)23)6-1-7-24-10-17/h2-5,9H,1,6-8,10H2,(H,20,21)(H,22,23). The lowest BCUT2D eigenvalue weighted by Gasteiger charge is -2.33. The van der Waals surface area contributed by atoms with Crippen LogP contribution in [0.5, 0.6) is 0 Å². The van der Waals surface area contributed by atoms with E-state index in [9.17, 15) is 19.1 Å². The Morgan fingerprint density at radius 2 is 2.12 bits per heavy atom. The van der Waals surface area contributed by atoms with Crippen molar-refractivity contribution in [2.75, 3.05) is 13.2 Å². The number of aliphatic carboxylic acids is 1. The first kappa shape index (κ1) is 17.5. The summed E-state index contributed by atoms with van der Waals surface area (Å²) in [6, 6.07) is 6.07. The Hall–Kier alpha value is -2.32. The Morgan fingerprint density at radius 3 is 2.76 bits per heavy atom. The maximum atomic E-state index is 12.9. The van der Waals surface area contributed by atoms with Crippen molar-refractivity contribution in [3.63, 3.8) is 0 Å². The summed E-state index contributed by atoms with van der Waals surface area (Å²) in [5.74, 6) is -1.95. The summed E-state index contributed by atoms with van der Waals surface area (Å²) in [5, 5.41) is 14.3. The quantitative estimate of drug-likeness (QED) is 0.849. The lowest BCUT2D eigenvalue weighted by Crippen LogP contribution is -2.59. The fraction of sp³-hybridized carbons (Fsp3) is 0.353. The topological polar surface area (TPSA) is 88.5 Å². The fourth-order valence-electron chi connectivity index (χ4n) is 2.67. The van der Waals surface area contributed by atoms with Gasteiger partial charge in [-0.05, 0) is 30.5 Å². The number of carbonyl (C=O) groups excluding carboxylic acids is 1. The Balaban J connectivity index is 1.69. The highest BCUT2D eigenvalue weighted by Gasteiger charge is 2.42. The van der Waals surface area contributed by atoms with Crippen LogP contribution in [-0.2, 0) is 16.0 Å². The molecule has 25 heavy (non-hydrogen) atoms. The van der Waals surface area contributed by atoms with Crippen molar-refractivity contribution in [3.8, 4) is 0 Å². The first-order valence-electron chi connectivity index (χ1n) is 7.81. The van der Waals surface area contributed by atoms with Crippen molar-refractivity contribution in [2.24, 2.45) is 0 Å². The minimum absolute atomic E-state index is 0.0549. The predicted octanol–water partition coefficient (Wildman–Crippen LogP) is 2.24. The molecular weight excluding hydrogens is 347 g/mol. The number of ether oxygens (including phenoxy) is 1. The lowest BCUT2D eigenvalue weighted by atomic mass is 9.92. The lowest BCUT2D eigenvalue weighted by molar-refractivity contribution is -0.150. The van der Waals surface area contributed by atoms with Crippen LogP contribution < -0.4 is 5.32 Å². The molecule has 3 rings (SSSR count). The zero-order valence-corrected chi connectivity index (χ0v) is 14.1. The minimum Gasteiger partial charge on any atom is -0.479 e. The number of amides is 1. The van der Waals surface area contributed by atoms with E-state index in [2.05, 4.69) is 10.3 Å². The summed E-state index contributed by atoms with van der Waals surface area (Å²) >= 11 is 1.30. The molecule has 1 aliphatic heterocycles. The van der Waals surface area contributed by atoms with E-state index in [1.54, 1.807) is 17.5 Å². The number of hydrogen-bond acceptors (Lipinski definition) is 5. The molecule has 1 saturated heterocycles. The number of carboxylic acids is 1. The molecule has 6 nitrogen and oxygen atoms in total. The molecule has 0 spiro atoms. The van der Waals surface area contributed by atoms with Gasteiger partial charge in [-0.15, -0.1) is 11.3 Å². The van der Waals surface area contributed by atoms with Gasteiger partial charge in [0.2, 0.25) is 0 Å². The van der Waals surface area contributed by atoms with Gasteiger partial charge in [-0.25, -0.2) is 14.2 Å². The molecule has 0 aliphatic carbocycles. The smallest absolute Gasteiger partial charge is 0.331 e. The SMILES string of the molecule is O=C(NC1(C(=O)O)CCCOC1)c1csc(Cc2ccc(F)cc2)n1. The number of hydrogen-bond donors (Lipinski definition) is 2. The van der Waals surface area contributed by atoms with Crippen LogP contribution in [0.2, 0.25) is 0 Å². The Bertz CT molecular complexity index is 769. The second kappa shape index (κ2) is 7.28. The number of halogens is 1. The molecule has 0 radical (unpaired) electrons. The number of nitrogens with one attached hydrogen (secondary N) is 1. The van der Waals surface area contributed by atoms with Gasteiger partial charge in [-0.3, -0.25) is 4.79 Å². The Labute approximate surface area is 147 Å². The van der Waals surface area contributed by atoms with E-state index in [1.807, 2.05) is 0 Å². The van der Waals surface area contributed by atoms with Crippen LogP contribution >= 0.6 is 11.3 Å². The number of carbonyl (C=O) groups is 2. The molecule has 1 atom stereocenters. The number of carboxylic acid groups (broad SMARTS) is 1. The number of thiazole rings is 1. The van der Waals surface area contributed by atoms with E-state index >= 15 is 0 Å². The molecule has 2 N–H and O–H groups in total. The highest BCUT2D eigenvalue weighted by molar-refractivity contribution is 7.09. The third kappa shape index (κ3) is 4.02. The molecule has 1 aliphatic rings. The largest absolute Gasteiger partial charge is 0.479 e. The van der Waals surface area contributed by atoms with Crippen LogP contribution in [0, 0.1) is 5.82 Å². The van der Waals surface area contributed by atoms with Gasteiger partial charge in [0.15, 0.2) is 5.54 Å². The zero-order chi connectivity index (χ0) is 17.9. The van der Waals surface area contributed by atoms with Crippen molar-refractivity contribution in [2.45, 2.75) is 24.8 Å². The molecule has 1 unspecified atom stereocenters. The van der Waals surface area contributed by atoms with Gasteiger partial charge >= 0.3 is 5.97 Å². The van der Waals surface area contributed by atoms with Gasteiger partial charge in [-0.1, -0.05) is 12.1 Å². The molecule has 2 aromatic rings. The van der Waals surface area contributed by atoms with E-state index < -0.39 is 17.4 Å². The molecule has 0 saturated carbocycles. The van der Waals surface area contributed by atoms with Crippen molar-refractivity contribution in [1.82, 2.24) is 10.3 Å². The van der Waals surface area contributed by atoms with Gasteiger partial charge in [0.05, 0.1) is 11.6 Å². The van der Waals surface area contributed by atoms with E-state index in [-0.39, 0.29) is 18.1 Å². The van der Waals surface area contributed by atoms with Crippen molar-refractivity contribution >= 4 is 23.2 Å². The van der Waals surface area contributed by atoms with Crippen LogP contribution in [0.1, 0.15) is 33.9 Å². The second-order valence-corrected chi connectivity index (χ2v) is 6.87. The molecule has 1 amide bonds. The third-order valence-corrected chi connectivity index (χ3v) is 4.90. The third-order valence-electron chi connectivity index (χ3n) is 4.06. The van der Waals surface area contributed by atoms with E-state index in [4.69, 9.17) is 4.74 Å². The van der Waals surface area contributed by atoms with Gasteiger partial charge in [0.25, 0.3) is 5.91 Å². The molecule has 132 valence electrons. The van der Waals surface area contributed by atoms with Crippen molar-refractivity contribution in [3.05, 3.63) is 51.7 Å². The molecular formula is C17H17FN2O4S. The van der Waals surface area contributed by atoms with E-state index in [0.717, 1.165) is 5.56 Å². The Kier molecular flexibility index (Phi) is 5.10. The summed E-state index contributed by atoms with van der Waals surface area (Å²) in [5.41, 5.74) is -0.352. The van der Waals surface area contributed by atoms with E-state index in [1.165, 1.54) is 23.5 Å². The first-order chi connectivity index (χ1) is 12.0. The highest BCUT2D eigenvalue weighted by Crippen LogP contribution is 2.21. The first-order valence-corrected chi connectivity index (χ1v) is 8.69. The van der Waals surface area contributed by atoms with Crippen LogP contribution in [0.25, 0.3) is 0 Å². The van der Waals surface area contributed by atoms with Crippen molar-refractivity contribution < 1.29 is 23.8 Å². The number of nitrogens with zero attached hydrogens (tertiary/aromatic N) is 1. The van der Waals surface area contributed by atoms with Gasteiger partial charge < -0.3 is 15.2 Å². The molecule has 2 heterocycles.